The first kappa shape index (κ1) is 12.0. The van der Waals surface area contributed by atoms with Crippen molar-refractivity contribution in [2.24, 2.45) is 11.3 Å². The SMILES string of the molecule is CCC(C)C(C)(O)CC(C)(C)C. The fraction of sp³-hybridized carbons (Fsp3) is 1.00. The predicted octanol–water partition coefficient (Wildman–Crippen LogP) is 3.22. The van der Waals surface area contributed by atoms with Crippen molar-refractivity contribution in [3.05, 3.63) is 0 Å². The van der Waals surface area contributed by atoms with Crippen LogP contribution in [0.25, 0.3) is 0 Å². The third-order valence-corrected chi connectivity index (χ3v) is 2.56. The van der Waals surface area contributed by atoms with E-state index >= 15 is 0 Å². The van der Waals surface area contributed by atoms with Crippen molar-refractivity contribution in [3.8, 4) is 0 Å². The van der Waals surface area contributed by atoms with E-state index in [1.807, 2.05) is 6.92 Å². The van der Waals surface area contributed by atoms with E-state index in [1.54, 1.807) is 0 Å². The van der Waals surface area contributed by atoms with Crippen molar-refractivity contribution in [2.45, 2.75) is 60.0 Å². The van der Waals surface area contributed by atoms with Gasteiger partial charge in [-0.3, -0.25) is 0 Å². The molecule has 1 nitrogen and oxygen atoms in total. The molecule has 0 aromatic rings. The van der Waals surface area contributed by atoms with Gasteiger partial charge in [0.05, 0.1) is 5.60 Å². The van der Waals surface area contributed by atoms with Crippen LogP contribution in [-0.4, -0.2) is 10.7 Å². The van der Waals surface area contributed by atoms with E-state index in [1.165, 1.54) is 0 Å². The summed E-state index contributed by atoms with van der Waals surface area (Å²) in [6.45, 7) is 12.7. The molecule has 0 aromatic heterocycles. The summed E-state index contributed by atoms with van der Waals surface area (Å²) in [7, 11) is 0. The number of hydrogen-bond donors (Lipinski definition) is 1. The van der Waals surface area contributed by atoms with Gasteiger partial charge in [-0.25, -0.2) is 0 Å². The van der Waals surface area contributed by atoms with E-state index < -0.39 is 5.60 Å². The van der Waals surface area contributed by atoms with Gasteiger partial charge in [-0.15, -0.1) is 0 Å². The molecular weight excluding hydrogens is 148 g/mol. The summed E-state index contributed by atoms with van der Waals surface area (Å²) in [4.78, 5) is 0. The van der Waals surface area contributed by atoms with Crippen molar-refractivity contribution < 1.29 is 5.11 Å². The van der Waals surface area contributed by atoms with Crippen LogP contribution in [-0.2, 0) is 0 Å². The highest BCUT2D eigenvalue weighted by Gasteiger charge is 2.31. The molecule has 74 valence electrons. The highest BCUT2D eigenvalue weighted by atomic mass is 16.3. The zero-order valence-corrected chi connectivity index (χ0v) is 9.44. The van der Waals surface area contributed by atoms with Crippen LogP contribution in [0.2, 0.25) is 0 Å². The maximum absolute atomic E-state index is 10.1. The lowest BCUT2D eigenvalue weighted by Gasteiger charge is -2.35. The molecule has 2 unspecified atom stereocenters. The average molecular weight is 172 g/mol. The van der Waals surface area contributed by atoms with Crippen LogP contribution in [0, 0.1) is 11.3 Å². The lowest BCUT2D eigenvalue weighted by molar-refractivity contribution is -0.0288. The van der Waals surface area contributed by atoms with Crippen molar-refractivity contribution in [1.29, 1.82) is 0 Å². The first-order valence-electron chi connectivity index (χ1n) is 4.91. The van der Waals surface area contributed by atoms with E-state index in [4.69, 9.17) is 0 Å². The van der Waals surface area contributed by atoms with E-state index in [0.717, 1.165) is 12.8 Å². The second-order valence-corrected chi connectivity index (χ2v) is 5.40. The smallest absolute Gasteiger partial charge is 0.0650 e. The largest absolute Gasteiger partial charge is 0.390 e. The minimum atomic E-state index is -0.507. The van der Waals surface area contributed by atoms with E-state index in [-0.39, 0.29) is 5.41 Å². The standard InChI is InChI=1S/C11H24O/c1-7-9(2)11(6,12)8-10(3,4)5/h9,12H,7-8H2,1-6H3. The van der Waals surface area contributed by atoms with Crippen molar-refractivity contribution >= 4 is 0 Å². The summed E-state index contributed by atoms with van der Waals surface area (Å²) in [5.41, 5.74) is -0.292. The fourth-order valence-electron chi connectivity index (χ4n) is 1.69. The second-order valence-electron chi connectivity index (χ2n) is 5.40. The molecule has 1 N–H and O–H groups in total. The molecule has 0 amide bonds. The molecule has 0 saturated carbocycles. The summed E-state index contributed by atoms with van der Waals surface area (Å²) >= 11 is 0. The number of hydrogen-bond acceptors (Lipinski definition) is 1. The zero-order valence-electron chi connectivity index (χ0n) is 9.44. The molecule has 0 aliphatic carbocycles. The van der Waals surface area contributed by atoms with Crippen LogP contribution in [0.15, 0.2) is 0 Å². The Morgan fingerprint density at radius 3 is 1.83 bits per heavy atom. The molecule has 0 aliphatic rings. The summed E-state index contributed by atoms with van der Waals surface area (Å²) in [6, 6.07) is 0. The predicted molar refractivity (Wildman–Crippen MR) is 54.2 cm³/mol. The molecule has 0 saturated heterocycles. The van der Waals surface area contributed by atoms with Gasteiger partial charge in [0.15, 0.2) is 0 Å². The topological polar surface area (TPSA) is 20.2 Å². The van der Waals surface area contributed by atoms with Crippen LogP contribution in [0.1, 0.15) is 54.4 Å². The molecule has 0 radical (unpaired) electrons. The molecule has 2 atom stereocenters. The third-order valence-electron chi connectivity index (χ3n) is 2.56. The maximum Gasteiger partial charge on any atom is 0.0650 e. The molecule has 0 aromatic carbocycles. The fourth-order valence-corrected chi connectivity index (χ4v) is 1.69. The monoisotopic (exact) mass is 172 g/mol. The average Bonchev–Trinajstić information content (AvgIpc) is 1.80. The zero-order chi connectivity index (χ0) is 9.99. The molecule has 12 heavy (non-hydrogen) atoms. The third kappa shape index (κ3) is 4.10. The number of rotatable bonds is 3. The van der Waals surface area contributed by atoms with Crippen LogP contribution in [0.4, 0.5) is 0 Å². The quantitative estimate of drug-likeness (QED) is 0.693. The van der Waals surface area contributed by atoms with Gasteiger partial charge in [-0.2, -0.15) is 0 Å². The Balaban J connectivity index is 4.22. The van der Waals surface area contributed by atoms with Crippen LogP contribution >= 0.6 is 0 Å². The maximum atomic E-state index is 10.1. The van der Waals surface area contributed by atoms with Crippen LogP contribution in [0.5, 0.6) is 0 Å². The van der Waals surface area contributed by atoms with Crippen LogP contribution < -0.4 is 0 Å². The lowest BCUT2D eigenvalue weighted by Crippen LogP contribution is -2.36. The Morgan fingerprint density at radius 2 is 1.58 bits per heavy atom. The normalized spacial score (nSPS) is 20.2. The Labute approximate surface area is 77.2 Å². The molecule has 0 spiro atoms. The van der Waals surface area contributed by atoms with Gasteiger partial charge >= 0.3 is 0 Å². The molecular formula is C11H24O. The van der Waals surface area contributed by atoms with Gasteiger partial charge in [-0.05, 0) is 24.7 Å². The molecule has 0 heterocycles. The Bertz CT molecular complexity index is 130. The summed E-state index contributed by atoms with van der Waals surface area (Å²) in [6.07, 6.45) is 1.91. The highest BCUT2D eigenvalue weighted by Crippen LogP contribution is 2.33. The molecule has 0 fully saturated rings. The second kappa shape index (κ2) is 3.78. The molecule has 0 bridgehead atoms. The first-order chi connectivity index (χ1) is 5.19. The highest BCUT2D eigenvalue weighted by molar-refractivity contribution is 4.83. The van der Waals surface area contributed by atoms with Gasteiger partial charge < -0.3 is 5.11 Å². The Kier molecular flexibility index (Phi) is 3.77. The van der Waals surface area contributed by atoms with E-state index in [2.05, 4.69) is 34.6 Å². The van der Waals surface area contributed by atoms with Gasteiger partial charge in [0.2, 0.25) is 0 Å². The summed E-state index contributed by atoms with van der Waals surface area (Å²) < 4.78 is 0. The van der Waals surface area contributed by atoms with Crippen LogP contribution in [0.3, 0.4) is 0 Å². The van der Waals surface area contributed by atoms with E-state index in [9.17, 15) is 5.11 Å². The summed E-state index contributed by atoms with van der Waals surface area (Å²) in [5.74, 6) is 0.386. The van der Waals surface area contributed by atoms with Gasteiger partial charge in [0.25, 0.3) is 0 Å². The van der Waals surface area contributed by atoms with Crippen molar-refractivity contribution in [1.82, 2.24) is 0 Å². The molecule has 1 heteroatoms. The molecule has 0 rings (SSSR count). The van der Waals surface area contributed by atoms with Crippen molar-refractivity contribution in [2.75, 3.05) is 0 Å². The number of aliphatic hydroxyl groups is 1. The van der Waals surface area contributed by atoms with Crippen molar-refractivity contribution in [3.63, 3.8) is 0 Å². The van der Waals surface area contributed by atoms with E-state index in [0.29, 0.717) is 5.92 Å². The minimum Gasteiger partial charge on any atom is -0.390 e. The van der Waals surface area contributed by atoms with Gasteiger partial charge in [-0.1, -0.05) is 41.0 Å². The summed E-state index contributed by atoms with van der Waals surface area (Å²) in [5, 5.41) is 10.1. The van der Waals surface area contributed by atoms with Gasteiger partial charge in [0, 0.05) is 0 Å². The lowest BCUT2D eigenvalue weighted by atomic mass is 9.76. The molecule has 0 aliphatic heterocycles. The van der Waals surface area contributed by atoms with Gasteiger partial charge in [0.1, 0.15) is 0 Å². The Morgan fingerprint density at radius 1 is 1.17 bits per heavy atom. The minimum absolute atomic E-state index is 0.215. The first-order valence-corrected chi connectivity index (χ1v) is 4.91. The Hall–Kier alpha value is -0.0400.